The molecule has 0 radical (unpaired) electrons. The highest BCUT2D eigenvalue weighted by Gasteiger charge is 2.13. The van der Waals surface area contributed by atoms with Crippen LogP contribution in [0.1, 0.15) is 23.2 Å². The Hall–Kier alpha value is -1.02. The lowest BCUT2D eigenvalue weighted by Gasteiger charge is -2.06. The molecule has 74 valence electrons. The fourth-order valence-corrected chi connectivity index (χ4v) is 1.49. The molecule has 0 aromatic carbocycles. The van der Waals surface area contributed by atoms with Crippen molar-refractivity contribution in [1.82, 2.24) is 4.98 Å². The Labute approximate surface area is 88.7 Å². The molecular formula is C9H7BrF2N2. The van der Waals surface area contributed by atoms with Crippen LogP contribution in [-0.2, 0) is 6.42 Å². The highest BCUT2D eigenvalue weighted by atomic mass is 79.9. The maximum absolute atomic E-state index is 12.3. The van der Waals surface area contributed by atoms with Crippen molar-refractivity contribution in [2.45, 2.75) is 19.8 Å². The summed E-state index contributed by atoms with van der Waals surface area (Å²) >= 11 is 3.08. The monoisotopic (exact) mass is 260 g/mol. The number of pyridine rings is 1. The summed E-state index contributed by atoms with van der Waals surface area (Å²) in [5, 5.41) is 8.49. The Morgan fingerprint density at radius 2 is 2.29 bits per heavy atom. The second kappa shape index (κ2) is 4.47. The molecule has 0 N–H and O–H groups in total. The number of alkyl halides is 2. The van der Waals surface area contributed by atoms with Gasteiger partial charge in [0.2, 0.25) is 0 Å². The third kappa shape index (κ3) is 2.26. The molecule has 1 aromatic heterocycles. The Morgan fingerprint density at radius 3 is 2.79 bits per heavy atom. The molecular weight excluding hydrogens is 254 g/mol. The van der Waals surface area contributed by atoms with Crippen LogP contribution in [-0.4, -0.2) is 4.98 Å². The van der Waals surface area contributed by atoms with Gasteiger partial charge in [-0.25, -0.2) is 13.8 Å². The second-order valence-electron chi connectivity index (χ2n) is 2.76. The zero-order valence-corrected chi connectivity index (χ0v) is 8.98. The molecule has 0 saturated heterocycles. The Bertz CT molecular complexity index is 385. The first kappa shape index (κ1) is 11.1. The van der Waals surface area contributed by atoms with Crippen molar-refractivity contribution < 1.29 is 8.78 Å². The Balaban J connectivity index is 3.22. The van der Waals surface area contributed by atoms with Crippen LogP contribution in [0.2, 0.25) is 0 Å². The summed E-state index contributed by atoms with van der Waals surface area (Å²) in [7, 11) is 0. The number of hydrogen-bond acceptors (Lipinski definition) is 2. The van der Waals surface area contributed by atoms with E-state index in [1.165, 1.54) is 6.07 Å². The van der Waals surface area contributed by atoms with Crippen molar-refractivity contribution >= 4 is 15.9 Å². The van der Waals surface area contributed by atoms with Crippen LogP contribution in [0.3, 0.4) is 0 Å². The van der Waals surface area contributed by atoms with Gasteiger partial charge in [-0.1, -0.05) is 0 Å². The molecule has 0 aliphatic rings. The van der Waals surface area contributed by atoms with Gasteiger partial charge in [0.1, 0.15) is 10.3 Å². The molecule has 1 heterocycles. The lowest BCUT2D eigenvalue weighted by molar-refractivity contribution is 0.145. The van der Waals surface area contributed by atoms with E-state index in [-0.39, 0.29) is 12.1 Å². The second-order valence-corrected chi connectivity index (χ2v) is 3.51. The molecule has 0 aliphatic heterocycles. The maximum atomic E-state index is 12.3. The van der Waals surface area contributed by atoms with E-state index in [0.29, 0.717) is 10.2 Å². The van der Waals surface area contributed by atoms with E-state index >= 15 is 0 Å². The van der Waals surface area contributed by atoms with Gasteiger partial charge in [-0.2, -0.15) is 5.26 Å². The largest absolute Gasteiger partial charge is 0.280 e. The van der Waals surface area contributed by atoms with Gasteiger partial charge in [0.25, 0.3) is 6.43 Å². The van der Waals surface area contributed by atoms with Crippen LogP contribution in [0.25, 0.3) is 0 Å². The molecule has 0 atom stereocenters. The number of halogens is 3. The van der Waals surface area contributed by atoms with Crippen molar-refractivity contribution in [3.8, 4) is 6.07 Å². The minimum absolute atomic E-state index is 0.118. The average Bonchev–Trinajstić information content (AvgIpc) is 2.12. The van der Waals surface area contributed by atoms with Gasteiger partial charge in [0.05, 0.1) is 12.5 Å². The third-order valence-corrected chi connectivity index (χ3v) is 2.61. The fraction of sp³-hybridized carbons (Fsp3) is 0.333. The number of nitrogens with zero attached hydrogens (tertiary/aromatic N) is 2. The molecule has 0 amide bonds. The van der Waals surface area contributed by atoms with E-state index in [9.17, 15) is 8.78 Å². The summed E-state index contributed by atoms with van der Waals surface area (Å²) in [5.41, 5.74) is 1.02. The molecule has 14 heavy (non-hydrogen) atoms. The predicted molar refractivity (Wildman–Crippen MR) is 50.9 cm³/mol. The zero-order chi connectivity index (χ0) is 10.7. The van der Waals surface area contributed by atoms with Gasteiger partial charge in [0, 0.05) is 0 Å². The molecule has 0 aliphatic carbocycles. The number of nitriles is 1. The van der Waals surface area contributed by atoms with Gasteiger partial charge in [-0.3, -0.25) is 0 Å². The average molecular weight is 261 g/mol. The van der Waals surface area contributed by atoms with E-state index in [1.807, 2.05) is 6.07 Å². The van der Waals surface area contributed by atoms with Crippen LogP contribution in [0.4, 0.5) is 8.78 Å². The van der Waals surface area contributed by atoms with Gasteiger partial charge in [0.15, 0.2) is 0 Å². The first-order chi connectivity index (χ1) is 6.56. The van der Waals surface area contributed by atoms with Crippen molar-refractivity contribution in [2.24, 2.45) is 0 Å². The molecule has 0 bridgehead atoms. The molecule has 0 saturated carbocycles. The Morgan fingerprint density at radius 1 is 1.64 bits per heavy atom. The molecule has 0 unspecified atom stereocenters. The van der Waals surface area contributed by atoms with E-state index in [4.69, 9.17) is 5.26 Å². The number of rotatable bonds is 2. The van der Waals surface area contributed by atoms with Crippen molar-refractivity contribution in [3.63, 3.8) is 0 Å². The standard InChI is InChI=1S/C9H7BrF2N2/c1-5-6(2-3-13)4-7(9(11)12)14-8(5)10/h4,9H,2H2,1H3. The molecule has 1 rings (SSSR count). The molecule has 0 fully saturated rings. The lowest BCUT2D eigenvalue weighted by Crippen LogP contribution is -1.98. The topological polar surface area (TPSA) is 36.7 Å². The minimum atomic E-state index is -2.61. The summed E-state index contributed by atoms with van der Waals surface area (Å²) in [6.45, 7) is 1.74. The highest BCUT2D eigenvalue weighted by Crippen LogP contribution is 2.24. The molecule has 0 spiro atoms. The van der Waals surface area contributed by atoms with Crippen molar-refractivity contribution in [3.05, 3.63) is 27.5 Å². The van der Waals surface area contributed by atoms with Crippen molar-refractivity contribution in [2.75, 3.05) is 0 Å². The summed E-state index contributed by atoms with van der Waals surface area (Å²) in [6, 6.07) is 3.20. The number of aromatic nitrogens is 1. The minimum Gasteiger partial charge on any atom is -0.240 e. The van der Waals surface area contributed by atoms with Gasteiger partial charge < -0.3 is 0 Å². The summed E-state index contributed by atoms with van der Waals surface area (Å²) in [6.07, 6.45) is -2.49. The first-order valence-electron chi connectivity index (χ1n) is 3.87. The smallest absolute Gasteiger partial charge is 0.240 e. The van der Waals surface area contributed by atoms with Crippen molar-refractivity contribution in [1.29, 1.82) is 5.26 Å². The van der Waals surface area contributed by atoms with Gasteiger partial charge in [-0.05, 0) is 40.0 Å². The Kier molecular flexibility index (Phi) is 3.53. The van der Waals surface area contributed by atoms with E-state index in [1.54, 1.807) is 6.92 Å². The number of hydrogen-bond donors (Lipinski definition) is 0. The normalized spacial score (nSPS) is 10.3. The molecule has 2 nitrogen and oxygen atoms in total. The fourth-order valence-electron chi connectivity index (χ4n) is 1.03. The lowest BCUT2D eigenvalue weighted by atomic mass is 10.1. The van der Waals surface area contributed by atoms with Gasteiger partial charge >= 0.3 is 0 Å². The summed E-state index contributed by atoms with van der Waals surface area (Å²) < 4.78 is 25.0. The zero-order valence-electron chi connectivity index (χ0n) is 7.39. The predicted octanol–water partition coefficient (Wildman–Crippen LogP) is 3.16. The SMILES string of the molecule is Cc1c(CC#N)cc(C(F)F)nc1Br. The third-order valence-electron chi connectivity index (χ3n) is 1.83. The summed E-state index contributed by atoms with van der Waals surface area (Å²) in [5.74, 6) is 0. The highest BCUT2D eigenvalue weighted by molar-refractivity contribution is 9.10. The van der Waals surface area contributed by atoms with Crippen LogP contribution in [0.15, 0.2) is 10.7 Å². The molecule has 1 aromatic rings. The van der Waals surface area contributed by atoms with E-state index < -0.39 is 6.43 Å². The maximum Gasteiger partial charge on any atom is 0.280 e. The van der Waals surface area contributed by atoms with E-state index in [2.05, 4.69) is 20.9 Å². The van der Waals surface area contributed by atoms with Gasteiger partial charge in [-0.15, -0.1) is 0 Å². The van der Waals surface area contributed by atoms with Crippen LogP contribution in [0, 0.1) is 18.3 Å². The van der Waals surface area contributed by atoms with Crippen LogP contribution >= 0.6 is 15.9 Å². The quantitative estimate of drug-likeness (QED) is 0.766. The van der Waals surface area contributed by atoms with E-state index in [0.717, 1.165) is 5.56 Å². The van der Waals surface area contributed by atoms with Crippen LogP contribution < -0.4 is 0 Å². The first-order valence-corrected chi connectivity index (χ1v) is 4.66. The van der Waals surface area contributed by atoms with Crippen LogP contribution in [0.5, 0.6) is 0 Å². The molecule has 5 heteroatoms. The summed E-state index contributed by atoms with van der Waals surface area (Å²) in [4.78, 5) is 3.67.